The number of thioether (sulfide) groups is 1. The molecule has 1 N–H and O–H groups in total. The number of sulfonamides is 1. The number of hydrogen-bond donors (Lipinski definition) is 1. The number of carboxylic acids is 1. The lowest BCUT2D eigenvalue weighted by Crippen LogP contribution is -2.37. The minimum Gasteiger partial charge on any atom is -0.477 e. The zero-order valence-corrected chi connectivity index (χ0v) is 11.5. The molecular formula is C10H14N2O4S2. The predicted molar refractivity (Wildman–Crippen MR) is 68.5 cm³/mol. The van der Waals surface area contributed by atoms with E-state index in [1.54, 1.807) is 11.8 Å². The molecule has 8 heteroatoms. The van der Waals surface area contributed by atoms with Crippen LogP contribution in [0.25, 0.3) is 0 Å². The van der Waals surface area contributed by atoms with Crippen LogP contribution in [-0.2, 0) is 17.1 Å². The topological polar surface area (TPSA) is 79.6 Å². The average Bonchev–Trinajstić information content (AvgIpc) is 2.73. The highest BCUT2D eigenvalue weighted by Gasteiger charge is 2.28. The van der Waals surface area contributed by atoms with E-state index in [4.69, 9.17) is 5.11 Å². The van der Waals surface area contributed by atoms with Gasteiger partial charge in [0.05, 0.1) is 0 Å². The largest absolute Gasteiger partial charge is 0.477 e. The monoisotopic (exact) mass is 290 g/mol. The summed E-state index contributed by atoms with van der Waals surface area (Å²) in [4.78, 5) is 11.0. The Hall–Kier alpha value is -0.990. The predicted octanol–water partition coefficient (Wildman–Crippen LogP) is 0.461. The van der Waals surface area contributed by atoms with Crippen LogP contribution in [0.15, 0.2) is 17.2 Å². The lowest BCUT2D eigenvalue weighted by atomic mass is 10.4. The molecule has 0 atom stereocenters. The number of aromatic nitrogens is 1. The Morgan fingerprint density at radius 3 is 2.50 bits per heavy atom. The Kier molecular flexibility index (Phi) is 3.69. The first-order valence-electron chi connectivity index (χ1n) is 5.40. The van der Waals surface area contributed by atoms with Gasteiger partial charge in [-0.3, -0.25) is 0 Å². The van der Waals surface area contributed by atoms with Crippen molar-refractivity contribution in [2.45, 2.75) is 4.90 Å². The molecule has 100 valence electrons. The Morgan fingerprint density at radius 2 is 2.00 bits per heavy atom. The van der Waals surface area contributed by atoms with Crippen molar-refractivity contribution in [2.24, 2.45) is 7.05 Å². The van der Waals surface area contributed by atoms with E-state index in [2.05, 4.69) is 0 Å². The molecule has 1 aromatic rings. The molecule has 0 aromatic carbocycles. The third-order valence-corrected chi connectivity index (χ3v) is 5.61. The zero-order chi connectivity index (χ0) is 13.3. The Morgan fingerprint density at radius 1 is 1.39 bits per heavy atom. The van der Waals surface area contributed by atoms with Crippen molar-refractivity contribution < 1.29 is 18.3 Å². The number of rotatable bonds is 3. The van der Waals surface area contributed by atoms with Crippen molar-refractivity contribution in [1.29, 1.82) is 0 Å². The van der Waals surface area contributed by atoms with Gasteiger partial charge in [-0.25, -0.2) is 13.2 Å². The van der Waals surface area contributed by atoms with E-state index in [0.29, 0.717) is 13.1 Å². The molecule has 0 radical (unpaired) electrons. The van der Waals surface area contributed by atoms with Crippen molar-refractivity contribution in [3.05, 3.63) is 18.0 Å². The van der Waals surface area contributed by atoms with Crippen LogP contribution in [0, 0.1) is 0 Å². The van der Waals surface area contributed by atoms with Gasteiger partial charge in [0.15, 0.2) is 0 Å². The summed E-state index contributed by atoms with van der Waals surface area (Å²) in [6.07, 6.45) is 1.35. The van der Waals surface area contributed by atoms with Crippen molar-refractivity contribution in [3.63, 3.8) is 0 Å². The number of carboxylic acid groups (broad SMARTS) is 1. The molecule has 0 amide bonds. The standard InChI is InChI=1S/C10H14N2O4S2/c1-11-7-8(6-9(11)10(13)14)18(15,16)12-2-4-17-5-3-12/h6-7H,2-5H2,1H3,(H,13,14). The molecule has 0 spiro atoms. The lowest BCUT2D eigenvalue weighted by molar-refractivity contribution is 0.0686. The summed E-state index contributed by atoms with van der Waals surface area (Å²) in [5, 5.41) is 8.92. The summed E-state index contributed by atoms with van der Waals surface area (Å²) in [5.41, 5.74) is -0.0278. The first-order chi connectivity index (χ1) is 8.43. The SMILES string of the molecule is Cn1cc(S(=O)(=O)N2CCSCC2)cc1C(=O)O. The molecule has 6 nitrogen and oxygen atoms in total. The maximum atomic E-state index is 12.3. The van der Waals surface area contributed by atoms with Crippen LogP contribution in [0.3, 0.4) is 0 Å². The highest BCUT2D eigenvalue weighted by atomic mass is 32.2. The van der Waals surface area contributed by atoms with Gasteiger partial charge >= 0.3 is 5.97 Å². The fourth-order valence-electron chi connectivity index (χ4n) is 1.82. The van der Waals surface area contributed by atoms with Gasteiger partial charge in [-0.05, 0) is 6.07 Å². The lowest BCUT2D eigenvalue weighted by Gasteiger charge is -2.24. The normalized spacial score (nSPS) is 17.8. The maximum absolute atomic E-state index is 12.3. The Bertz CT molecular complexity index is 558. The van der Waals surface area contributed by atoms with Crippen LogP contribution in [0.1, 0.15) is 10.5 Å². The summed E-state index contributed by atoms with van der Waals surface area (Å²) in [6.45, 7) is 0.953. The van der Waals surface area contributed by atoms with E-state index < -0.39 is 16.0 Å². The molecule has 18 heavy (non-hydrogen) atoms. The highest BCUT2D eigenvalue weighted by molar-refractivity contribution is 7.99. The first-order valence-corrected chi connectivity index (χ1v) is 8.00. The summed E-state index contributed by atoms with van der Waals surface area (Å²) in [6, 6.07) is 1.21. The minimum atomic E-state index is -3.56. The van der Waals surface area contributed by atoms with Gasteiger partial charge in [0.1, 0.15) is 10.6 Å². The third-order valence-electron chi connectivity index (χ3n) is 2.81. The number of nitrogens with zero attached hydrogens (tertiary/aromatic N) is 2. The van der Waals surface area contributed by atoms with Crippen LogP contribution < -0.4 is 0 Å². The fourth-order valence-corrected chi connectivity index (χ4v) is 4.47. The van der Waals surface area contributed by atoms with E-state index in [1.165, 1.54) is 28.2 Å². The fraction of sp³-hybridized carbons (Fsp3) is 0.500. The summed E-state index contributed by atoms with van der Waals surface area (Å²) >= 11 is 1.72. The van der Waals surface area contributed by atoms with Gasteiger partial charge < -0.3 is 9.67 Å². The van der Waals surface area contributed by atoms with Gasteiger partial charge in [0.25, 0.3) is 0 Å². The molecular weight excluding hydrogens is 276 g/mol. The van der Waals surface area contributed by atoms with Gasteiger partial charge in [-0.15, -0.1) is 0 Å². The Labute approximate surface area is 110 Å². The number of aryl methyl sites for hydroxylation is 1. The van der Waals surface area contributed by atoms with E-state index in [0.717, 1.165) is 11.5 Å². The van der Waals surface area contributed by atoms with Crippen LogP contribution in [0.4, 0.5) is 0 Å². The molecule has 0 aliphatic carbocycles. The van der Waals surface area contributed by atoms with Gasteiger partial charge in [0.2, 0.25) is 10.0 Å². The smallest absolute Gasteiger partial charge is 0.352 e. The molecule has 1 saturated heterocycles. The number of aromatic carboxylic acids is 1. The van der Waals surface area contributed by atoms with E-state index >= 15 is 0 Å². The molecule has 0 unspecified atom stereocenters. The van der Waals surface area contributed by atoms with E-state index in [1.807, 2.05) is 0 Å². The maximum Gasteiger partial charge on any atom is 0.352 e. The molecule has 0 saturated carbocycles. The van der Waals surface area contributed by atoms with Crippen LogP contribution in [-0.4, -0.2) is 53.0 Å². The van der Waals surface area contributed by atoms with Crippen molar-refractivity contribution in [3.8, 4) is 0 Å². The molecule has 0 bridgehead atoms. The summed E-state index contributed by atoms with van der Waals surface area (Å²) in [7, 11) is -2.04. The van der Waals surface area contributed by atoms with E-state index in [-0.39, 0.29) is 10.6 Å². The second-order valence-corrected chi connectivity index (χ2v) is 7.16. The van der Waals surface area contributed by atoms with Gasteiger partial charge in [0, 0.05) is 37.8 Å². The third kappa shape index (κ3) is 2.40. The first kappa shape index (κ1) is 13.4. The molecule has 1 aliphatic rings. The quantitative estimate of drug-likeness (QED) is 0.875. The Balaban J connectivity index is 2.35. The average molecular weight is 290 g/mol. The zero-order valence-electron chi connectivity index (χ0n) is 9.87. The van der Waals surface area contributed by atoms with Crippen molar-refractivity contribution >= 4 is 27.8 Å². The minimum absolute atomic E-state index is 0.0278. The highest BCUT2D eigenvalue weighted by Crippen LogP contribution is 2.21. The second-order valence-electron chi connectivity index (χ2n) is 3.99. The second kappa shape index (κ2) is 4.94. The summed E-state index contributed by atoms with van der Waals surface area (Å²) < 4.78 is 27.3. The van der Waals surface area contributed by atoms with Crippen LogP contribution in [0.5, 0.6) is 0 Å². The van der Waals surface area contributed by atoms with Crippen molar-refractivity contribution in [2.75, 3.05) is 24.6 Å². The van der Waals surface area contributed by atoms with Crippen molar-refractivity contribution in [1.82, 2.24) is 8.87 Å². The molecule has 1 aromatic heterocycles. The number of carbonyl (C=O) groups is 1. The molecule has 2 rings (SSSR count). The van der Waals surface area contributed by atoms with E-state index in [9.17, 15) is 13.2 Å². The summed E-state index contributed by atoms with van der Waals surface area (Å²) in [5.74, 6) is 0.420. The molecule has 2 heterocycles. The van der Waals surface area contributed by atoms with Crippen LogP contribution in [0.2, 0.25) is 0 Å². The van der Waals surface area contributed by atoms with Gasteiger partial charge in [-0.2, -0.15) is 16.1 Å². The van der Waals surface area contributed by atoms with Gasteiger partial charge in [-0.1, -0.05) is 0 Å². The molecule has 1 fully saturated rings. The number of hydrogen-bond acceptors (Lipinski definition) is 4. The molecule has 1 aliphatic heterocycles. The van der Waals surface area contributed by atoms with Crippen LogP contribution >= 0.6 is 11.8 Å².